The maximum Gasteiger partial charge on any atom is 0.237 e. The van der Waals surface area contributed by atoms with Gasteiger partial charge < -0.3 is 20.5 Å². The van der Waals surface area contributed by atoms with Crippen molar-refractivity contribution in [2.75, 3.05) is 33.5 Å². The largest absolute Gasteiger partial charge is 0.379 e. The SMILES string of the molecule is CCCOCCOCCCCC(C)(NC)C(N)=O. The van der Waals surface area contributed by atoms with Crippen LogP contribution in [0.1, 0.15) is 39.5 Å². The molecule has 108 valence electrons. The molecule has 0 aliphatic carbocycles. The van der Waals surface area contributed by atoms with Crippen LogP contribution in [0.15, 0.2) is 0 Å². The van der Waals surface area contributed by atoms with Crippen molar-refractivity contribution in [3.8, 4) is 0 Å². The number of nitrogens with one attached hydrogen (secondary N) is 1. The highest BCUT2D eigenvalue weighted by molar-refractivity contribution is 5.84. The zero-order valence-electron chi connectivity index (χ0n) is 12.0. The van der Waals surface area contributed by atoms with Gasteiger partial charge >= 0.3 is 0 Å². The molecular formula is C13H28N2O3. The molecule has 0 saturated heterocycles. The lowest BCUT2D eigenvalue weighted by molar-refractivity contribution is -0.123. The van der Waals surface area contributed by atoms with E-state index in [-0.39, 0.29) is 5.91 Å². The van der Waals surface area contributed by atoms with Crippen LogP contribution in [0.3, 0.4) is 0 Å². The van der Waals surface area contributed by atoms with E-state index in [1.54, 1.807) is 7.05 Å². The number of nitrogens with two attached hydrogens (primary N) is 1. The first kappa shape index (κ1) is 17.4. The van der Waals surface area contributed by atoms with Crippen LogP contribution in [0.2, 0.25) is 0 Å². The second-order valence-corrected chi connectivity index (χ2v) is 4.63. The normalized spacial score (nSPS) is 14.4. The lowest BCUT2D eigenvalue weighted by Gasteiger charge is -2.25. The first-order chi connectivity index (χ1) is 8.56. The molecule has 0 fully saturated rings. The Balaban J connectivity index is 3.42. The van der Waals surface area contributed by atoms with E-state index in [1.165, 1.54) is 0 Å². The third kappa shape index (κ3) is 7.63. The molecule has 1 amide bonds. The van der Waals surface area contributed by atoms with E-state index in [0.29, 0.717) is 19.8 Å². The number of carbonyl (C=O) groups is 1. The Labute approximate surface area is 110 Å². The predicted molar refractivity (Wildman–Crippen MR) is 72.4 cm³/mol. The van der Waals surface area contributed by atoms with Gasteiger partial charge in [-0.3, -0.25) is 4.79 Å². The van der Waals surface area contributed by atoms with Crippen LogP contribution in [0.5, 0.6) is 0 Å². The summed E-state index contributed by atoms with van der Waals surface area (Å²) in [5.41, 5.74) is 4.73. The first-order valence-electron chi connectivity index (χ1n) is 6.71. The lowest BCUT2D eigenvalue weighted by Crippen LogP contribution is -2.51. The standard InChI is InChI=1S/C13H28N2O3/c1-4-8-17-10-11-18-9-6-5-7-13(2,15-3)12(14)16/h15H,4-11H2,1-3H3,(H2,14,16). The summed E-state index contributed by atoms with van der Waals surface area (Å²) in [6, 6.07) is 0. The van der Waals surface area contributed by atoms with Gasteiger partial charge in [-0.05, 0) is 39.7 Å². The molecule has 0 rings (SSSR count). The zero-order chi connectivity index (χ0) is 13.9. The van der Waals surface area contributed by atoms with Gasteiger partial charge in [0.15, 0.2) is 0 Å². The topological polar surface area (TPSA) is 73.6 Å². The summed E-state index contributed by atoms with van der Waals surface area (Å²) >= 11 is 0. The number of primary amides is 1. The summed E-state index contributed by atoms with van der Waals surface area (Å²) in [6.07, 6.45) is 3.61. The van der Waals surface area contributed by atoms with Crippen LogP contribution >= 0.6 is 0 Å². The summed E-state index contributed by atoms with van der Waals surface area (Å²) in [4.78, 5) is 11.2. The van der Waals surface area contributed by atoms with Crippen LogP contribution in [0.4, 0.5) is 0 Å². The summed E-state index contributed by atoms with van der Waals surface area (Å²) in [5.74, 6) is -0.307. The Kier molecular flexibility index (Phi) is 9.92. The lowest BCUT2D eigenvalue weighted by atomic mass is 9.94. The van der Waals surface area contributed by atoms with Crippen molar-refractivity contribution in [1.29, 1.82) is 0 Å². The van der Waals surface area contributed by atoms with E-state index in [0.717, 1.165) is 32.3 Å². The summed E-state index contributed by atoms with van der Waals surface area (Å²) < 4.78 is 10.7. The van der Waals surface area contributed by atoms with Crippen molar-refractivity contribution in [2.24, 2.45) is 5.73 Å². The maximum absolute atomic E-state index is 11.2. The van der Waals surface area contributed by atoms with E-state index in [1.807, 2.05) is 6.92 Å². The summed E-state index contributed by atoms with van der Waals surface area (Å²) in [7, 11) is 1.76. The molecule has 0 bridgehead atoms. The van der Waals surface area contributed by atoms with Gasteiger partial charge in [-0.15, -0.1) is 0 Å². The van der Waals surface area contributed by atoms with E-state index in [4.69, 9.17) is 15.2 Å². The zero-order valence-corrected chi connectivity index (χ0v) is 12.0. The van der Waals surface area contributed by atoms with Gasteiger partial charge in [0.25, 0.3) is 0 Å². The molecule has 18 heavy (non-hydrogen) atoms. The molecule has 0 aromatic heterocycles. The minimum Gasteiger partial charge on any atom is -0.379 e. The number of amides is 1. The van der Waals surface area contributed by atoms with Gasteiger partial charge in [-0.25, -0.2) is 0 Å². The smallest absolute Gasteiger partial charge is 0.237 e. The average molecular weight is 260 g/mol. The van der Waals surface area contributed by atoms with Crippen molar-refractivity contribution >= 4 is 5.91 Å². The molecule has 0 aliphatic rings. The monoisotopic (exact) mass is 260 g/mol. The van der Waals surface area contributed by atoms with Gasteiger partial charge in [0.2, 0.25) is 5.91 Å². The highest BCUT2D eigenvalue weighted by atomic mass is 16.5. The van der Waals surface area contributed by atoms with Crippen LogP contribution in [0.25, 0.3) is 0 Å². The van der Waals surface area contributed by atoms with Crippen molar-refractivity contribution in [3.63, 3.8) is 0 Å². The average Bonchev–Trinajstić information content (AvgIpc) is 2.36. The molecular weight excluding hydrogens is 232 g/mol. The van der Waals surface area contributed by atoms with E-state index < -0.39 is 5.54 Å². The van der Waals surface area contributed by atoms with Crippen LogP contribution < -0.4 is 11.1 Å². The van der Waals surface area contributed by atoms with E-state index >= 15 is 0 Å². The van der Waals surface area contributed by atoms with Gasteiger partial charge in [-0.2, -0.15) is 0 Å². The van der Waals surface area contributed by atoms with Crippen molar-refractivity contribution in [3.05, 3.63) is 0 Å². The third-order valence-electron chi connectivity index (χ3n) is 3.03. The number of hydrogen-bond acceptors (Lipinski definition) is 4. The number of likely N-dealkylation sites (N-methyl/N-ethyl adjacent to an activating group) is 1. The maximum atomic E-state index is 11.2. The molecule has 5 nitrogen and oxygen atoms in total. The molecule has 0 aromatic rings. The molecule has 5 heteroatoms. The Hall–Kier alpha value is -0.650. The Bertz CT molecular complexity index is 224. The molecule has 1 atom stereocenters. The summed E-state index contributed by atoms with van der Waals surface area (Å²) in [5, 5.41) is 2.97. The van der Waals surface area contributed by atoms with Crippen LogP contribution in [-0.2, 0) is 14.3 Å². The predicted octanol–water partition coefficient (Wildman–Crippen LogP) is 1.06. The second kappa shape index (κ2) is 10.3. The van der Waals surface area contributed by atoms with Gasteiger partial charge in [0, 0.05) is 13.2 Å². The number of rotatable bonds is 12. The Morgan fingerprint density at radius 2 is 1.78 bits per heavy atom. The number of carbonyl (C=O) groups excluding carboxylic acids is 1. The molecule has 0 spiro atoms. The van der Waals surface area contributed by atoms with Crippen molar-refractivity contribution in [1.82, 2.24) is 5.32 Å². The van der Waals surface area contributed by atoms with Gasteiger partial charge in [-0.1, -0.05) is 6.92 Å². The Morgan fingerprint density at radius 3 is 2.28 bits per heavy atom. The molecule has 3 N–H and O–H groups in total. The molecule has 0 saturated carbocycles. The van der Waals surface area contributed by atoms with Gasteiger partial charge in [0.1, 0.15) is 0 Å². The van der Waals surface area contributed by atoms with E-state index in [2.05, 4.69) is 12.2 Å². The Morgan fingerprint density at radius 1 is 1.17 bits per heavy atom. The fourth-order valence-corrected chi connectivity index (χ4v) is 1.52. The number of hydrogen-bond donors (Lipinski definition) is 2. The van der Waals surface area contributed by atoms with Gasteiger partial charge in [0.05, 0.1) is 18.8 Å². The minimum atomic E-state index is -0.607. The van der Waals surface area contributed by atoms with E-state index in [9.17, 15) is 4.79 Å². The summed E-state index contributed by atoms with van der Waals surface area (Å²) in [6.45, 7) is 6.70. The van der Waals surface area contributed by atoms with Crippen LogP contribution in [0, 0.1) is 0 Å². The van der Waals surface area contributed by atoms with Crippen LogP contribution in [-0.4, -0.2) is 44.9 Å². The first-order valence-corrected chi connectivity index (χ1v) is 6.71. The minimum absolute atomic E-state index is 0.307. The molecule has 0 aromatic carbocycles. The fraction of sp³-hybridized carbons (Fsp3) is 0.923. The fourth-order valence-electron chi connectivity index (χ4n) is 1.52. The third-order valence-corrected chi connectivity index (χ3v) is 3.03. The van der Waals surface area contributed by atoms with Crippen molar-refractivity contribution < 1.29 is 14.3 Å². The van der Waals surface area contributed by atoms with Crippen molar-refractivity contribution in [2.45, 2.75) is 45.1 Å². The molecule has 0 radical (unpaired) electrons. The highest BCUT2D eigenvalue weighted by Gasteiger charge is 2.27. The molecule has 0 aliphatic heterocycles. The molecule has 1 unspecified atom stereocenters. The second-order valence-electron chi connectivity index (χ2n) is 4.63. The number of unbranched alkanes of at least 4 members (excludes halogenated alkanes) is 1. The quantitative estimate of drug-likeness (QED) is 0.515. The molecule has 0 heterocycles. The number of ether oxygens (including phenoxy) is 2. The highest BCUT2D eigenvalue weighted by Crippen LogP contribution is 2.12.